The van der Waals surface area contributed by atoms with E-state index in [4.69, 9.17) is 0 Å². The highest BCUT2D eigenvalue weighted by atomic mass is 16.3. The number of hydrogen-bond acceptors (Lipinski definition) is 2. The minimum atomic E-state index is -0.411. The molecule has 0 bridgehead atoms. The number of nitrogens with zero attached hydrogens (tertiary/aromatic N) is 1. The molecule has 2 heteroatoms. The summed E-state index contributed by atoms with van der Waals surface area (Å²) in [4.78, 5) is 4.08. The molecule has 1 rings (SSSR count). The van der Waals surface area contributed by atoms with Gasteiger partial charge in [-0.25, -0.2) is 0 Å². The molecular weight excluding hydrogens is 150 g/mol. The second-order valence-corrected chi connectivity index (χ2v) is 3.40. The van der Waals surface area contributed by atoms with Crippen LogP contribution in [0.2, 0.25) is 0 Å². The Labute approximate surface area is 73.3 Å². The van der Waals surface area contributed by atoms with Gasteiger partial charge in [-0.05, 0) is 24.5 Å². The third-order valence-electron chi connectivity index (χ3n) is 1.72. The zero-order valence-corrected chi connectivity index (χ0v) is 7.57. The first-order valence-corrected chi connectivity index (χ1v) is 4.29. The van der Waals surface area contributed by atoms with Crippen LogP contribution in [0.4, 0.5) is 0 Å². The quantitative estimate of drug-likeness (QED) is 0.744. The van der Waals surface area contributed by atoms with Gasteiger partial charge in [-0.1, -0.05) is 19.9 Å². The van der Waals surface area contributed by atoms with E-state index in [2.05, 4.69) is 18.8 Å². The zero-order chi connectivity index (χ0) is 8.97. The van der Waals surface area contributed by atoms with E-state index < -0.39 is 6.10 Å². The maximum absolute atomic E-state index is 9.63. The Morgan fingerprint density at radius 3 is 2.67 bits per heavy atom. The second-order valence-electron chi connectivity index (χ2n) is 3.40. The SMILES string of the molecule is CC(C)CC(O)c1ccccn1. The van der Waals surface area contributed by atoms with E-state index in [0.29, 0.717) is 5.92 Å². The molecular formula is C10H15NO. The Balaban J connectivity index is 2.59. The van der Waals surface area contributed by atoms with Crippen LogP contribution in [-0.4, -0.2) is 10.1 Å². The number of aromatic nitrogens is 1. The monoisotopic (exact) mass is 165 g/mol. The molecule has 0 fully saturated rings. The van der Waals surface area contributed by atoms with Crippen LogP contribution in [0, 0.1) is 5.92 Å². The van der Waals surface area contributed by atoms with Crippen molar-refractivity contribution in [3.8, 4) is 0 Å². The second kappa shape index (κ2) is 4.21. The number of rotatable bonds is 3. The van der Waals surface area contributed by atoms with E-state index in [1.54, 1.807) is 6.20 Å². The van der Waals surface area contributed by atoms with Crippen molar-refractivity contribution in [3.05, 3.63) is 30.1 Å². The largest absolute Gasteiger partial charge is 0.387 e. The molecule has 0 saturated heterocycles. The third kappa shape index (κ3) is 2.62. The van der Waals surface area contributed by atoms with Crippen LogP contribution in [0.1, 0.15) is 32.1 Å². The Hall–Kier alpha value is -0.890. The number of aliphatic hydroxyl groups is 1. The van der Waals surface area contributed by atoms with Gasteiger partial charge in [-0.3, -0.25) is 4.98 Å². The molecule has 1 atom stereocenters. The summed E-state index contributed by atoms with van der Waals surface area (Å²) >= 11 is 0. The minimum Gasteiger partial charge on any atom is -0.387 e. The molecule has 1 N–H and O–H groups in total. The zero-order valence-electron chi connectivity index (χ0n) is 7.57. The lowest BCUT2D eigenvalue weighted by Gasteiger charge is -2.11. The molecule has 12 heavy (non-hydrogen) atoms. The van der Waals surface area contributed by atoms with Crippen molar-refractivity contribution in [1.82, 2.24) is 4.98 Å². The van der Waals surface area contributed by atoms with Crippen molar-refractivity contribution in [1.29, 1.82) is 0 Å². The van der Waals surface area contributed by atoms with Crippen LogP contribution in [0.3, 0.4) is 0 Å². The normalized spacial score (nSPS) is 13.3. The summed E-state index contributed by atoms with van der Waals surface area (Å²) in [6.07, 6.45) is 2.07. The Bertz CT molecular complexity index is 221. The van der Waals surface area contributed by atoms with Crippen molar-refractivity contribution < 1.29 is 5.11 Å². The van der Waals surface area contributed by atoms with Gasteiger partial charge in [0.15, 0.2) is 0 Å². The topological polar surface area (TPSA) is 33.1 Å². The fraction of sp³-hybridized carbons (Fsp3) is 0.500. The smallest absolute Gasteiger partial charge is 0.0962 e. The molecule has 66 valence electrons. The van der Waals surface area contributed by atoms with Gasteiger partial charge in [-0.2, -0.15) is 0 Å². The van der Waals surface area contributed by atoms with Crippen LogP contribution in [0.15, 0.2) is 24.4 Å². The van der Waals surface area contributed by atoms with Gasteiger partial charge in [0, 0.05) is 6.20 Å². The average molecular weight is 165 g/mol. The lowest BCUT2D eigenvalue weighted by molar-refractivity contribution is 0.146. The first kappa shape index (κ1) is 9.20. The van der Waals surface area contributed by atoms with Crippen LogP contribution in [0.25, 0.3) is 0 Å². The first-order chi connectivity index (χ1) is 5.70. The van der Waals surface area contributed by atoms with E-state index in [-0.39, 0.29) is 0 Å². The molecule has 1 aromatic rings. The summed E-state index contributed by atoms with van der Waals surface area (Å²) in [6.45, 7) is 4.18. The Morgan fingerprint density at radius 1 is 1.42 bits per heavy atom. The molecule has 0 aliphatic rings. The lowest BCUT2D eigenvalue weighted by atomic mass is 10.0. The van der Waals surface area contributed by atoms with E-state index in [9.17, 15) is 5.11 Å². The Morgan fingerprint density at radius 2 is 2.17 bits per heavy atom. The highest BCUT2D eigenvalue weighted by molar-refractivity contribution is 5.06. The molecule has 0 aliphatic heterocycles. The van der Waals surface area contributed by atoms with Crippen LogP contribution in [-0.2, 0) is 0 Å². The van der Waals surface area contributed by atoms with Gasteiger partial charge in [0.25, 0.3) is 0 Å². The summed E-state index contributed by atoms with van der Waals surface area (Å²) < 4.78 is 0. The molecule has 0 aromatic carbocycles. The van der Waals surface area contributed by atoms with E-state index >= 15 is 0 Å². The molecule has 1 aromatic heterocycles. The summed E-state index contributed by atoms with van der Waals surface area (Å²) in [7, 11) is 0. The maximum Gasteiger partial charge on any atom is 0.0962 e. The lowest BCUT2D eigenvalue weighted by Crippen LogP contribution is -2.03. The summed E-state index contributed by atoms with van der Waals surface area (Å²) in [6, 6.07) is 5.60. The highest BCUT2D eigenvalue weighted by Gasteiger charge is 2.09. The van der Waals surface area contributed by atoms with Crippen molar-refractivity contribution in [3.63, 3.8) is 0 Å². The molecule has 0 radical (unpaired) electrons. The van der Waals surface area contributed by atoms with Crippen molar-refractivity contribution >= 4 is 0 Å². The summed E-state index contributed by atoms with van der Waals surface area (Å²) in [5.41, 5.74) is 0.770. The fourth-order valence-corrected chi connectivity index (χ4v) is 1.14. The van der Waals surface area contributed by atoms with Crippen LogP contribution < -0.4 is 0 Å². The Kier molecular flexibility index (Phi) is 3.23. The van der Waals surface area contributed by atoms with E-state index in [0.717, 1.165) is 12.1 Å². The van der Waals surface area contributed by atoms with E-state index in [1.165, 1.54) is 0 Å². The molecule has 0 spiro atoms. The summed E-state index contributed by atoms with van der Waals surface area (Å²) in [5.74, 6) is 0.502. The minimum absolute atomic E-state index is 0.411. The van der Waals surface area contributed by atoms with Crippen LogP contribution in [0.5, 0.6) is 0 Å². The predicted molar refractivity (Wildman–Crippen MR) is 48.7 cm³/mol. The number of hydrogen-bond donors (Lipinski definition) is 1. The van der Waals surface area contributed by atoms with Crippen molar-refractivity contribution in [2.45, 2.75) is 26.4 Å². The van der Waals surface area contributed by atoms with Crippen molar-refractivity contribution in [2.24, 2.45) is 5.92 Å². The van der Waals surface area contributed by atoms with Crippen molar-refractivity contribution in [2.75, 3.05) is 0 Å². The third-order valence-corrected chi connectivity index (χ3v) is 1.72. The molecule has 0 saturated carbocycles. The van der Waals surface area contributed by atoms with Gasteiger partial charge < -0.3 is 5.11 Å². The molecule has 0 amide bonds. The number of pyridine rings is 1. The number of aliphatic hydroxyl groups excluding tert-OH is 1. The fourth-order valence-electron chi connectivity index (χ4n) is 1.14. The van der Waals surface area contributed by atoms with Gasteiger partial charge in [0.2, 0.25) is 0 Å². The molecule has 1 heterocycles. The molecule has 1 unspecified atom stereocenters. The standard InChI is InChI=1S/C10H15NO/c1-8(2)7-10(12)9-5-3-4-6-11-9/h3-6,8,10,12H,7H2,1-2H3. The van der Waals surface area contributed by atoms with Gasteiger partial charge in [-0.15, -0.1) is 0 Å². The van der Waals surface area contributed by atoms with E-state index in [1.807, 2.05) is 18.2 Å². The first-order valence-electron chi connectivity index (χ1n) is 4.29. The molecule has 2 nitrogen and oxygen atoms in total. The maximum atomic E-state index is 9.63. The van der Waals surface area contributed by atoms with Gasteiger partial charge in [0.05, 0.1) is 11.8 Å². The van der Waals surface area contributed by atoms with Crippen LogP contribution >= 0.6 is 0 Å². The van der Waals surface area contributed by atoms with Gasteiger partial charge >= 0.3 is 0 Å². The average Bonchev–Trinajstić information content (AvgIpc) is 2.05. The predicted octanol–water partition coefficient (Wildman–Crippen LogP) is 2.16. The highest BCUT2D eigenvalue weighted by Crippen LogP contribution is 2.17. The van der Waals surface area contributed by atoms with Gasteiger partial charge in [0.1, 0.15) is 0 Å². The summed E-state index contributed by atoms with van der Waals surface area (Å²) in [5, 5.41) is 9.63. The molecule has 0 aliphatic carbocycles.